The number of ketones is 2. The summed E-state index contributed by atoms with van der Waals surface area (Å²) >= 11 is 0. The topological polar surface area (TPSA) is 54.4 Å². The van der Waals surface area contributed by atoms with E-state index < -0.39 is 10.8 Å². The number of aliphatic hydroxyl groups is 1. The molecule has 0 aromatic carbocycles. The maximum Gasteiger partial charge on any atom is 0.175 e. The van der Waals surface area contributed by atoms with Crippen LogP contribution in [0.5, 0.6) is 0 Å². The van der Waals surface area contributed by atoms with Crippen molar-refractivity contribution in [1.82, 2.24) is 0 Å². The molecule has 0 aliphatic heterocycles. The Hall–Kier alpha value is -1.38. The molecule has 4 aliphatic carbocycles. The van der Waals surface area contributed by atoms with Crippen molar-refractivity contribution in [1.29, 1.82) is 0 Å². The van der Waals surface area contributed by atoms with Gasteiger partial charge in [0.15, 0.2) is 11.6 Å². The molecule has 4 rings (SSSR count). The molecule has 0 aromatic heterocycles. The van der Waals surface area contributed by atoms with Gasteiger partial charge in [0.1, 0.15) is 5.76 Å². The first-order valence-corrected chi connectivity index (χ1v) is 10.9. The molecule has 4 aliphatic rings. The summed E-state index contributed by atoms with van der Waals surface area (Å²) < 4.78 is 0. The van der Waals surface area contributed by atoms with Crippen molar-refractivity contribution in [2.24, 2.45) is 39.9 Å². The Kier molecular flexibility index (Phi) is 5.00. The molecule has 3 nitrogen and oxygen atoms in total. The molecule has 2 bridgehead atoms. The zero-order valence-electron chi connectivity index (χ0n) is 19.0. The summed E-state index contributed by atoms with van der Waals surface area (Å²) in [7, 11) is 0. The third-order valence-electron chi connectivity index (χ3n) is 8.02. The summed E-state index contributed by atoms with van der Waals surface area (Å²) in [6.45, 7) is 16.0. The molecule has 0 spiro atoms. The lowest BCUT2D eigenvalue weighted by Gasteiger charge is -2.57. The summed E-state index contributed by atoms with van der Waals surface area (Å²) in [4.78, 5) is 26.3. The molecule has 1 saturated carbocycles. The van der Waals surface area contributed by atoms with E-state index in [1.165, 1.54) is 12.0 Å². The number of Topliss-reactive ketones (excluding diaryl/α,β-unsaturated/α-hetero) is 2. The fraction of sp³-hybridized carbons (Fsp3) is 0.760. The molecular weight excluding hydrogens is 348 g/mol. The number of carbonyl (C=O) groups excluding carboxylic acids is 2. The van der Waals surface area contributed by atoms with Crippen molar-refractivity contribution in [3.8, 4) is 0 Å². The van der Waals surface area contributed by atoms with Crippen LogP contribution in [0.1, 0.15) is 81.1 Å². The summed E-state index contributed by atoms with van der Waals surface area (Å²) in [5.41, 5.74) is 0.224. The fourth-order valence-electron chi connectivity index (χ4n) is 6.02. The van der Waals surface area contributed by atoms with Gasteiger partial charge in [0.05, 0.1) is 10.8 Å². The Labute approximate surface area is 170 Å². The quantitative estimate of drug-likeness (QED) is 0.462. The van der Waals surface area contributed by atoms with Gasteiger partial charge in [-0.15, -0.1) is 0 Å². The minimum Gasteiger partial charge on any atom is -0.511 e. The molecule has 3 atom stereocenters. The second-order valence-electron chi connectivity index (χ2n) is 11.5. The monoisotopic (exact) mass is 386 g/mol. The van der Waals surface area contributed by atoms with E-state index in [1.54, 1.807) is 27.7 Å². The van der Waals surface area contributed by atoms with Gasteiger partial charge in [-0.3, -0.25) is 9.59 Å². The van der Waals surface area contributed by atoms with Crippen molar-refractivity contribution in [2.75, 3.05) is 0 Å². The summed E-state index contributed by atoms with van der Waals surface area (Å²) in [6, 6.07) is 0. The first-order chi connectivity index (χ1) is 12.7. The number of hydrogen-bond acceptors (Lipinski definition) is 3. The molecule has 28 heavy (non-hydrogen) atoms. The highest BCUT2D eigenvalue weighted by Gasteiger charge is 2.55. The van der Waals surface area contributed by atoms with Gasteiger partial charge >= 0.3 is 0 Å². The van der Waals surface area contributed by atoms with Gasteiger partial charge < -0.3 is 5.11 Å². The minimum absolute atomic E-state index is 0.00892. The smallest absolute Gasteiger partial charge is 0.175 e. The van der Waals surface area contributed by atoms with E-state index in [9.17, 15) is 14.7 Å². The molecule has 156 valence electrons. The van der Waals surface area contributed by atoms with E-state index in [4.69, 9.17) is 0 Å². The van der Waals surface area contributed by atoms with Crippen molar-refractivity contribution < 1.29 is 14.7 Å². The summed E-state index contributed by atoms with van der Waals surface area (Å²) in [5, 5.41) is 11.1. The molecule has 0 saturated heterocycles. The highest BCUT2D eigenvalue weighted by atomic mass is 16.3. The first-order valence-electron chi connectivity index (χ1n) is 10.9. The molecule has 1 N–H and O–H groups in total. The Morgan fingerprint density at radius 3 is 2.18 bits per heavy atom. The predicted octanol–water partition coefficient (Wildman–Crippen LogP) is 6.05. The van der Waals surface area contributed by atoms with Gasteiger partial charge in [0, 0.05) is 5.57 Å². The van der Waals surface area contributed by atoms with Crippen LogP contribution < -0.4 is 0 Å². The van der Waals surface area contributed by atoms with Crippen molar-refractivity contribution >= 4 is 11.6 Å². The zero-order valence-corrected chi connectivity index (χ0v) is 19.0. The number of hydrogen-bond donors (Lipinski definition) is 1. The van der Waals surface area contributed by atoms with Crippen LogP contribution in [0.15, 0.2) is 23.0 Å². The van der Waals surface area contributed by atoms with E-state index in [2.05, 4.69) is 33.8 Å². The van der Waals surface area contributed by atoms with Crippen LogP contribution in [0.4, 0.5) is 0 Å². The van der Waals surface area contributed by atoms with Crippen LogP contribution in [0.2, 0.25) is 0 Å². The maximum atomic E-state index is 13.4. The van der Waals surface area contributed by atoms with Crippen LogP contribution in [-0.4, -0.2) is 16.7 Å². The van der Waals surface area contributed by atoms with Gasteiger partial charge in [0.2, 0.25) is 0 Å². The number of aliphatic hydroxyl groups excluding tert-OH is 1. The first kappa shape index (κ1) is 21.3. The van der Waals surface area contributed by atoms with Gasteiger partial charge in [-0.2, -0.15) is 0 Å². The van der Waals surface area contributed by atoms with Crippen LogP contribution in [0.3, 0.4) is 0 Å². The average Bonchev–Trinajstić information content (AvgIpc) is 2.59. The Morgan fingerprint density at radius 1 is 1.07 bits per heavy atom. The minimum atomic E-state index is -1.08. The number of allylic oxidation sites excluding steroid dienone is 4. The molecule has 0 heterocycles. The number of rotatable bonds is 5. The SMILES string of the molecule is CC(C)CC(CC1=CCC2CC1C2(C)C)C1=C(O)C(C)(C)C(=O)C(C)(C)C1=O. The highest BCUT2D eigenvalue weighted by molar-refractivity contribution is 6.19. The molecule has 3 unspecified atom stereocenters. The van der Waals surface area contributed by atoms with E-state index in [0.29, 0.717) is 22.8 Å². The standard InChI is InChI=1S/C25H38O3/c1-14(2)11-16(12-15-9-10-17-13-18(15)23(17,3)4)19-20(26)24(5,6)22(28)25(7,8)21(19)27/h9,14,16-18,26H,10-13H2,1-8H3. The summed E-state index contributed by atoms with van der Waals surface area (Å²) in [6.07, 6.45) is 6.44. The molecule has 3 heteroatoms. The predicted molar refractivity (Wildman–Crippen MR) is 113 cm³/mol. The Bertz CT molecular complexity index is 761. The van der Waals surface area contributed by atoms with E-state index in [-0.39, 0.29) is 23.2 Å². The second kappa shape index (κ2) is 6.57. The molecule has 1 fully saturated rings. The second-order valence-corrected chi connectivity index (χ2v) is 11.5. The van der Waals surface area contributed by atoms with E-state index in [0.717, 1.165) is 25.2 Å². The van der Waals surface area contributed by atoms with Gasteiger partial charge in [-0.25, -0.2) is 0 Å². The summed E-state index contributed by atoms with van der Waals surface area (Å²) in [5.74, 6) is 1.40. The van der Waals surface area contributed by atoms with Gasteiger partial charge in [-0.05, 0) is 82.5 Å². The molecule has 0 radical (unpaired) electrons. The molecular formula is C25H38O3. The number of carbonyl (C=O) groups is 2. The lowest BCUT2D eigenvalue weighted by Crippen LogP contribution is -2.50. The van der Waals surface area contributed by atoms with Gasteiger partial charge in [-0.1, -0.05) is 39.3 Å². The Balaban J connectivity index is 2.02. The van der Waals surface area contributed by atoms with Crippen LogP contribution >= 0.6 is 0 Å². The van der Waals surface area contributed by atoms with E-state index in [1.807, 2.05) is 0 Å². The van der Waals surface area contributed by atoms with Gasteiger partial charge in [0.25, 0.3) is 0 Å². The number of fused-ring (bicyclic) bond motifs is 1. The molecule has 0 aromatic rings. The van der Waals surface area contributed by atoms with Crippen molar-refractivity contribution in [3.63, 3.8) is 0 Å². The Morgan fingerprint density at radius 2 is 1.68 bits per heavy atom. The van der Waals surface area contributed by atoms with Crippen LogP contribution in [0.25, 0.3) is 0 Å². The van der Waals surface area contributed by atoms with Crippen LogP contribution in [-0.2, 0) is 9.59 Å². The highest BCUT2D eigenvalue weighted by Crippen LogP contribution is 2.60. The van der Waals surface area contributed by atoms with E-state index >= 15 is 0 Å². The fourth-order valence-corrected chi connectivity index (χ4v) is 6.02. The lowest BCUT2D eigenvalue weighted by molar-refractivity contribution is -0.145. The molecule has 0 amide bonds. The average molecular weight is 387 g/mol. The van der Waals surface area contributed by atoms with Crippen molar-refractivity contribution in [2.45, 2.75) is 81.1 Å². The normalized spacial score (nSPS) is 31.5. The maximum absolute atomic E-state index is 13.4. The largest absolute Gasteiger partial charge is 0.511 e. The third-order valence-corrected chi connectivity index (χ3v) is 8.02. The lowest BCUT2D eigenvalue weighted by atomic mass is 9.48. The van der Waals surface area contributed by atoms with Crippen molar-refractivity contribution in [3.05, 3.63) is 23.0 Å². The van der Waals surface area contributed by atoms with Crippen LogP contribution in [0, 0.1) is 39.9 Å². The third kappa shape index (κ3) is 3.00. The zero-order chi connectivity index (χ0) is 21.2.